The minimum atomic E-state index is -0.241. The molecule has 1 unspecified atom stereocenters. The van der Waals surface area contributed by atoms with Gasteiger partial charge in [0.2, 0.25) is 0 Å². The van der Waals surface area contributed by atoms with E-state index in [9.17, 15) is 4.79 Å². The number of rotatable bonds is 3. The van der Waals surface area contributed by atoms with Crippen LogP contribution in [0.15, 0.2) is 24.3 Å². The maximum atomic E-state index is 11.3. The van der Waals surface area contributed by atoms with Crippen LogP contribution in [0.3, 0.4) is 0 Å². The van der Waals surface area contributed by atoms with Crippen molar-refractivity contribution < 1.29 is 9.53 Å². The molecule has 0 radical (unpaired) electrons. The fraction of sp³-hybridized carbons (Fsp3) is 0.364. The van der Waals surface area contributed by atoms with Gasteiger partial charge in [0.15, 0.2) is 0 Å². The fourth-order valence-corrected chi connectivity index (χ4v) is 1.59. The average Bonchev–Trinajstić information content (AvgIpc) is 2.99. The molecule has 1 saturated heterocycles. The Balaban J connectivity index is 2.15. The number of nitrogens with zero attached hydrogens (tertiary/aromatic N) is 1. The van der Waals surface area contributed by atoms with E-state index in [4.69, 9.17) is 4.74 Å². The van der Waals surface area contributed by atoms with E-state index >= 15 is 0 Å². The van der Waals surface area contributed by atoms with Crippen LogP contribution in [-0.2, 0) is 4.74 Å². The molecular formula is C11H13NO2S. The molecule has 0 spiro atoms. The van der Waals surface area contributed by atoms with Gasteiger partial charge in [-0.05, 0) is 19.1 Å². The maximum Gasteiger partial charge on any atom is 0.283 e. The molecule has 2 rings (SSSR count). The SMILES string of the molecule is Cc1ccc(N(CC2CO2)C(=O)S)cc1. The first-order valence-electron chi connectivity index (χ1n) is 4.85. The summed E-state index contributed by atoms with van der Waals surface area (Å²) < 4.78 is 5.11. The monoisotopic (exact) mass is 223 g/mol. The Hall–Kier alpha value is -1.00. The molecule has 3 nitrogen and oxygen atoms in total. The summed E-state index contributed by atoms with van der Waals surface area (Å²) in [4.78, 5) is 13.0. The summed E-state index contributed by atoms with van der Waals surface area (Å²) in [6, 6.07) is 7.80. The lowest BCUT2D eigenvalue weighted by Gasteiger charge is -2.19. The number of hydrogen-bond donors (Lipinski definition) is 1. The van der Waals surface area contributed by atoms with Crippen molar-refractivity contribution in [2.24, 2.45) is 0 Å². The molecule has 1 fully saturated rings. The van der Waals surface area contributed by atoms with Gasteiger partial charge < -0.3 is 9.64 Å². The highest BCUT2D eigenvalue weighted by Gasteiger charge is 2.27. The normalized spacial score (nSPS) is 18.7. The highest BCUT2D eigenvalue weighted by molar-refractivity contribution is 7.96. The number of amides is 1. The number of aryl methyl sites for hydroxylation is 1. The van der Waals surface area contributed by atoms with Crippen molar-refractivity contribution in [2.75, 3.05) is 18.1 Å². The summed E-state index contributed by atoms with van der Waals surface area (Å²) in [7, 11) is 0. The van der Waals surface area contributed by atoms with Crippen molar-refractivity contribution in [1.82, 2.24) is 0 Å². The predicted octanol–water partition coefficient (Wildman–Crippen LogP) is 2.25. The van der Waals surface area contributed by atoms with Gasteiger partial charge in [-0.25, -0.2) is 0 Å². The van der Waals surface area contributed by atoms with Crippen LogP contribution in [0.2, 0.25) is 0 Å². The van der Waals surface area contributed by atoms with Crippen molar-refractivity contribution in [1.29, 1.82) is 0 Å². The van der Waals surface area contributed by atoms with E-state index < -0.39 is 0 Å². The quantitative estimate of drug-likeness (QED) is 0.629. The molecule has 1 aromatic carbocycles. The largest absolute Gasteiger partial charge is 0.371 e. The first-order chi connectivity index (χ1) is 7.16. The maximum absolute atomic E-state index is 11.3. The number of ether oxygens (including phenoxy) is 1. The van der Waals surface area contributed by atoms with E-state index in [1.165, 1.54) is 5.56 Å². The van der Waals surface area contributed by atoms with Gasteiger partial charge in [0.25, 0.3) is 5.24 Å². The molecule has 15 heavy (non-hydrogen) atoms. The number of thiol groups is 1. The van der Waals surface area contributed by atoms with Crippen molar-refractivity contribution in [3.8, 4) is 0 Å². The van der Waals surface area contributed by atoms with Crippen LogP contribution >= 0.6 is 12.6 Å². The molecule has 1 aliphatic rings. The second kappa shape index (κ2) is 4.24. The average molecular weight is 223 g/mol. The van der Waals surface area contributed by atoms with E-state index in [0.717, 1.165) is 12.3 Å². The number of benzene rings is 1. The molecule has 0 aromatic heterocycles. The molecule has 1 aromatic rings. The number of hydrogen-bond acceptors (Lipinski definition) is 2. The van der Waals surface area contributed by atoms with E-state index in [0.29, 0.717) is 6.54 Å². The minimum Gasteiger partial charge on any atom is -0.371 e. The van der Waals surface area contributed by atoms with Gasteiger partial charge in [0.1, 0.15) is 0 Å². The van der Waals surface area contributed by atoms with Crippen LogP contribution in [0, 0.1) is 6.92 Å². The van der Waals surface area contributed by atoms with Crippen LogP contribution in [0.25, 0.3) is 0 Å². The molecule has 4 heteroatoms. The highest BCUT2D eigenvalue weighted by atomic mass is 32.1. The standard InChI is InChI=1S/C11H13NO2S/c1-8-2-4-9(5-3-8)12(11(13)15)6-10-7-14-10/h2-5,10H,6-7H2,1H3,(H,13,15). The molecule has 0 bridgehead atoms. The van der Waals surface area contributed by atoms with Gasteiger partial charge in [0.05, 0.1) is 19.3 Å². The Bertz CT molecular complexity index is 359. The van der Waals surface area contributed by atoms with Crippen LogP contribution in [0.5, 0.6) is 0 Å². The minimum absolute atomic E-state index is 0.183. The highest BCUT2D eigenvalue weighted by Crippen LogP contribution is 2.20. The molecule has 1 amide bonds. The van der Waals surface area contributed by atoms with Crippen LogP contribution in [-0.4, -0.2) is 24.5 Å². The van der Waals surface area contributed by atoms with Gasteiger partial charge in [-0.15, -0.1) is 0 Å². The van der Waals surface area contributed by atoms with Crippen molar-refractivity contribution in [3.05, 3.63) is 29.8 Å². The molecule has 1 atom stereocenters. The second-order valence-electron chi connectivity index (χ2n) is 3.68. The van der Waals surface area contributed by atoms with Gasteiger partial charge in [-0.1, -0.05) is 30.3 Å². The van der Waals surface area contributed by atoms with Crippen molar-refractivity contribution in [3.63, 3.8) is 0 Å². The lowest BCUT2D eigenvalue weighted by molar-refractivity contribution is 0.264. The summed E-state index contributed by atoms with van der Waals surface area (Å²) in [6.07, 6.45) is 0.183. The van der Waals surface area contributed by atoms with E-state index in [1.54, 1.807) is 4.90 Å². The van der Waals surface area contributed by atoms with Crippen molar-refractivity contribution in [2.45, 2.75) is 13.0 Å². The zero-order valence-electron chi connectivity index (χ0n) is 8.51. The van der Waals surface area contributed by atoms with Gasteiger partial charge >= 0.3 is 0 Å². The Morgan fingerprint density at radius 1 is 1.53 bits per heavy atom. The summed E-state index contributed by atoms with van der Waals surface area (Å²) in [5, 5.41) is -0.241. The van der Waals surface area contributed by atoms with Gasteiger partial charge in [-0.3, -0.25) is 4.79 Å². The zero-order chi connectivity index (χ0) is 10.8. The Morgan fingerprint density at radius 2 is 2.13 bits per heavy atom. The topological polar surface area (TPSA) is 32.8 Å². The van der Waals surface area contributed by atoms with Crippen LogP contribution in [0.4, 0.5) is 10.5 Å². The Morgan fingerprint density at radius 3 is 2.60 bits per heavy atom. The molecule has 80 valence electrons. The molecule has 0 saturated carbocycles. The molecule has 0 N–H and O–H groups in total. The van der Waals surface area contributed by atoms with Gasteiger partial charge in [-0.2, -0.15) is 0 Å². The number of epoxide rings is 1. The molecular weight excluding hydrogens is 210 g/mol. The summed E-state index contributed by atoms with van der Waals surface area (Å²) in [5.74, 6) is 0. The van der Waals surface area contributed by atoms with Crippen molar-refractivity contribution >= 4 is 23.6 Å². The van der Waals surface area contributed by atoms with E-state index in [-0.39, 0.29) is 11.3 Å². The third kappa shape index (κ3) is 2.73. The smallest absolute Gasteiger partial charge is 0.283 e. The summed E-state index contributed by atoms with van der Waals surface area (Å²) >= 11 is 3.86. The zero-order valence-corrected chi connectivity index (χ0v) is 9.41. The Labute approximate surface area is 94.4 Å². The summed E-state index contributed by atoms with van der Waals surface area (Å²) in [6.45, 7) is 3.34. The third-order valence-corrected chi connectivity index (χ3v) is 2.61. The lowest BCUT2D eigenvalue weighted by Crippen LogP contribution is -2.30. The lowest BCUT2D eigenvalue weighted by atomic mass is 10.2. The first kappa shape index (κ1) is 10.5. The predicted molar refractivity (Wildman–Crippen MR) is 62.6 cm³/mol. The number of anilines is 1. The van der Waals surface area contributed by atoms with E-state index in [1.807, 2.05) is 31.2 Å². The summed E-state index contributed by atoms with van der Waals surface area (Å²) in [5.41, 5.74) is 2.05. The number of carbonyl (C=O) groups excluding carboxylic acids is 1. The third-order valence-electron chi connectivity index (χ3n) is 2.37. The molecule has 1 aliphatic heterocycles. The van der Waals surface area contributed by atoms with Crippen LogP contribution < -0.4 is 4.90 Å². The second-order valence-corrected chi connectivity index (χ2v) is 4.07. The Kier molecular flexibility index (Phi) is 2.98. The van der Waals surface area contributed by atoms with Gasteiger partial charge in [0, 0.05) is 5.69 Å². The fourth-order valence-electron chi connectivity index (χ4n) is 1.40. The molecule has 1 heterocycles. The first-order valence-corrected chi connectivity index (χ1v) is 5.30. The number of carbonyl (C=O) groups is 1. The van der Waals surface area contributed by atoms with E-state index in [2.05, 4.69) is 12.6 Å². The molecule has 0 aliphatic carbocycles. The van der Waals surface area contributed by atoms with Crippen LogP contribution in [0.1, 0.15) is 5.56 Å².